The van der Waals surface area contributed by atoms with Gasteiger partial charge in [-0.05, 0) is 68.1 Å². The van der Waals surface area contributed by atoms with Gasteiger partial charge in [0, 0.05) is 41.4 Å². The second kappa shape index (κ2) is 14.5. The summed E-state index contributed by atoms with van der Waals surface area (Å²) in [5.41, 5.74) is 4.33. The van der Waals surface area contributed by atoms with Crippen LogP contribution in [0.5, 0.6) is 5.75 Å². The van der Waals surface area contributed by atoms with Crippen LogP contribution in [0.25, 0.3) is 0 Å². The van der Waals surface area contributed by atoms with Gasteiger partial charge in [-0.3, -0.25) is 9.59 Å². The zero-order valence-corrected chi connectivity index (χ0v) is 24.9. The number of amides is 1. The molecule has 1 atom stereocenters. The molecule has 0 unspecified atom stereocenters. The predicted molar refractivity (Wildman–Crippen MR) is 172 cm³/mol. The van der Waals surface area contributed by atoms with Gasteiger partial charge < -0.3 is 20.1 Å². The topological polar surface area (TPSA) is 95.9 Å². The lowest BCUT2D eigenvalue weighted by Crippen LogP contribution is -2.40. The van der Waals surface area contributed by atoms with Crippen LogP contribution in [0.2, 0.25) is 0 Å². The summed E-state index contributed by atoms with van der Waals surface area (Å²) in [6.07, 6.45) is 3.93. The van der Waals surface area contributed by atoms with Crippen LogP contribution in [0.1, 0.15) is 52.7 Å². The minimum Gasteiger partial charge on any atom is -0.494 e. The van der Waals surface area contributed by atoms with E-state index in [1.54, 1.807) is 48.5 Å². The van der Waals surface area contributed by atoms with Gasteiger partial charge in [0.05, 0.1) is 6.61 Å². The molecule has 4 aromatic carbocycles. The maximum absolute atomic E-state index is 13.1. The molecule has 0 radical (unpaired) electrons. The summed E-state index contributed by atoms with van der Waals surface area (Å²) in [4.78, 5) is 40.3. The molecule has 2 N–H and O–H groups in total. The quantitative estimate of drug-likeness (QED) is 0.122. The van der Waals surface area contributed by atoms with Gasteiger partial charge in [-0.2, -0.15) is 0 Å². The SMILES string of the molecule is Cc1ccc(N(CCCOc2ccc(C[C@H](Nc3ccccc3C(=O)c3ccccc3)C(=O)O)cc2)C(=O)C2CCC2)cc1. The molecule has 1 aliphatic rings. The molecule has 0 aliphatic heterocycles. The second-order valence-electron chi connectivity index (χ2n) is 11.3. The molecule has 1 saturated carbocycles. The fourth-order valence-electron chi connectivity index (χ4n) is 5.28. The second-order valence-corrected chi connectivity index (χ2v) is 11.3. The van der Waals surface area contributed by atoms with Crippen molar-refractivity contribution in [3.05, 3.63) is 125 Å². The Labute approximate surface area is 258 Å². The van der Waals surface area contributed by atoms with Crippen molar-refractivity contribution in [3.63, 3.8) is 0 Å². The Hall–Kier alpha value is -4.91. The first-order chi connectivity index (χ1) is 21.4. The number of carbonyl (C=O) groups is 3. The Morgan fingerprint density at radius 1 is 0.886 bits per heavy atom. The summed E-state index contributed by atoms with van der Waals surface area (Å²) >= 11 is 0. The Bertz CT molecular complexity index is 1560. The number of ether oxygens (including phenoxy) is 1. The highest BCUT2D eigenvalue weighted by Crippen LogP contribution is 2.30. The van der Waals surface area contributed by atoms with Crippen molar-refractivity contribution in [2.45, 2.75) is 45.1 Å². The standard InChI is InChI=1S/C37H38N2O5/c1-26-15-19-30(20-16-26)39(36(41)29-11-7-12-29)23-8-24-44-31-21-17-27(18-22-31)25-34(37(42)43)38-33-14-6-5-13-32(33)35(40)28-9-3-2-4-10-28/h2-6,9-10,13-22,29,34,38H,7-8,11-12,23-25H2,1H3,(H,42,43)/t34-/m0/s1. The number of ketones is 1. The molecule has 4 aromatic rings. The molecule has 0 bridgehead atoms. The first kappa shape index (κ1) is 30.5. The third kappa shape index (κ3) is 7.72. The van der Waals surface area contributed by atoms with Crippen molar-refractivity contribution in [1.29, 1.82) is 0 Å². The number of carboxylic acids is 1. The van der Waals surface area contributed by atoms with Crippen molar-refractivity contribution >= 4 is 29.0 Å². The van der Waals surface area contributed by atoms with E-state index in [0.717, 1.165) is 36.1 Å². The van der Waals surface area contributed by atoms with Crippen LogP contribution in [0.3, 0.4) is 0 Å². The van der Waals surface area contributed by atoms with Crippen molar-refractivity contribution in [3.8, 4) is 5.75 Å². The molecule has 1 amide bonds. The number of nitrogens with one attached hydrogen (secondary N) is 1. The number of benzene rings is 4. The van der Waals surface area contributed by atoms with E-state index in [2.05, 4.69) is 5.32 Å². The molecule has 7 heteroatoms. The first-order valence-corrected chi connectivity index (χ1v) is 15.2. The number of nitrogens with zero attached hydrogens (tertiary/aromatic N) is 1. The molecule has 1 aliphatic carbocycles. The van der Waals surface area contributed by atoms with E-state index < -0.39 is 12.0 Å². The Kier molecular flexibility index (Phi) is 10.1. The fourth-order valence-corrected chi connectivity index (χ4v) is 5.28. The van der Waals surface area contributed by atoms with E-state index >= 15 is 0 Å². The molecule has 0 saturated heterocycles. The van der Waals surface area contributed by atoms with Gasteiger partial charge >= 0.3 is 5.97 Å². The lowest BCUT2D eigenvalue weighted by atomic mass is 9.84. The third-order valence-electron chi connectivity index (χ3n) is 8.06. The maximum atomic E-state index is 13.1. The minimum absolute atomic E-state index is 0.117. The molecule has 226 valence electrons. The highest BCUT2D eigenvalue weighted by Gasteiger charge is 2.30. The van der Waals surface area contributed by atoms with Crippen molar-refractivity contribution in [2.24, 2.45) is 5.92 Å². The molecule has 1 fully saturated rings. The summed E-state index contributed by atoms with van der Waals surface area (Å²) in [5.74, 6) is -0.194. The molecule has 0 heterocycles. The van der Waals surface area contributed by atoms with E-state index in [1.165, 1.54) is 0 Å². The van der Waals surface area contributed by atoms with Gasteiger partial charge in [0.15, 0.2) is 5.78 Å². The summed E-state index contributed by atoms with van der Waals surface area (Å²) < 4.78 is 5.97. The predicted octanol–water partition coefficient (Wildman–Crippen LogP) is 6.94. The molecule has 0 aromatic heterocycles. The van der Waals surface area contributed by atoms with Crippen LogP contribution in [0.15, 0.2) is 103 Å². The summed E-state index contributed by atoms with van der Waals surface area (Å²) in [6.45, 7) is 3.07. The van der Waals surface area contributed by atoms with E-state index in [0.29, 0.717) is 42.1 Å². The highest BCUT2D eigenvalue weighted by atomic mass is 16.5. The molecule has 7 nitrogen and oxygen atoms in total. The summed E-state index contributed by atoms with van der Waals surface area (Å²) in [6, 6.07) is 30.4. The van der Waals surface area contributed by atoms with E-state index in [-0.39, 0.29) is 24.0 Å². The normalized spacial score (nSPS) is 13.4. The molecule has 5 rings (SSSR count). The van der Waals surface area contributed by atoms with Crippen molar-refractivity contribution in [1.82, 2.24) is 0 Å². The van der Waals surface area contributed by atoms with Gasteiger partial charge in [-0.15, -0.1) is 0 Å². The van der Waals surface area contributed by atoms with Gasteiger partial charge in [0.25, 0.3) is 0 Å². The van der Waals surface area contributed by atoms with Crippen LogP contribution in [-0.4, -0.2) is 42.0 Å². The lowest BCUT2D eigenvalue weighted by Gasteiger charge is -2.32. The molecular formula is C37H38N2O5. The van der Waals surface area contributed by atoms with Gasteiger partial charge in [0.1, 0.15) is 11.8 Å². The largest absolute Gasteiger partial charge is 0.494 e. The maximum Gasteiger partial charge on any atom is 0.326 e. The fraction of sp³-hybridized carbons (Fsp3) is 0.270. The number of aliphatic carboxylic acids is 1. The average Bonchev–Trinajstić information content (AvgIpc) is 3.01. The molecule has 44 heavy (non-hydrogen) atoms. The minimum atomic E-state index is -1.01. The Morgan fingerprint density at radius 2 is 1.57 bits per heavy atom. The van der Waals surface area contributed by atoms with Crippen molar-refractivity contribution < 1.29 is 24.2 Å². The number of carboxylic acid groups (broad SMARTS) is 1. The van der Waals surface area contributed by atoms with Crippen LogP contribution >= 0.6 is 0 Å². The van der Waals surface area contributed by atoms with E-state index in [1.807, 2.05) is 66.4 Å². The zero-order chi connectivity index (χ0) is 30.9. The van der Waals surface area contributed by atoms with Crippen LogP contribution in [-0.2, 0) is 16.0 Å². The number of carbonyl (C=O) groups excluding carboxylic acids is 2. The highest BCUT2D eigenvalue weighted by molar-refractivity contribution is 6.12. The van der Waals surface area contributed by atoms with Crippen molar-refractivity contribution in [2.75, 3.05) is 23.4 Å². The summed E-state index contributed by atoms with van der Waals surface area (Å²) in [7, 11) is 0. The number of anilines is 2. The van der Waals surface area contributed by atoms with Crippen LogP contribution in [0, 0.1) is 12.8 Å². The average molecular weight is 591 g/mol. The zero-order valence-electron chi connectivity index (χ0n) is 24.9. The number of hydrogen-bond donors (Lipinski definition) is 2. The third-order valence-corrected chi connectivity index (χ3v) is 8.06. The monoisotopic (exact) mass is 590 g/mol. The number of para-hydroxylation sites is 1. The number of hydrogen-bond acceptors (Lipinski definition) is 5. The van der Waals surface area contributed by atoms with E-state index in [9.17, 15) is 19.5 Å². The van der Waals surface area contributed by atoms with Gasteiger partial charge in [0.2, 0.25) is 5.91 Å². The number of rotatable bonds is 14. The molecule has 0 spiro atoms. The van der Waals surface area contributed by atoms with E-state index in [4.69, 9.17) is 4.74 Å². The van der Waals surface area contributed by atoms with Crippen LogP contribution in [0.4, 0.5) is 11.4 Å². The van der Waals surface area contributed by atoms with Crippen LogP contribution < -0.4 is 15.0 Å². The van der Waals surface area contributed by atoms with Gasteiger partial charge in [-0.1, -0.05) is 78.7 Å². The Balaban J connectivity index is 1.16. The smallest absolute Gasteiger partial charge is 0.326 e. The molecular weight excluding hydrogens is 552 g/mol. The lowest BCUT2D eigenvalue weighted by molar-refractivity contribution is -0.137. The van der Waals surface area contributed by atoms with Gasteiger partial charge in [-0.25, -0.2) is 4.79 Å². The first-order valence-electron chi connectivity index (χ1n) is 15.2. The number of aryl methyl sites for hydroxylation is 1. The Morgan fingerprint density at radius 3 is 2.23 bits per heavy atom. The summed E-state index contributed by atoms with van der Waals surface area (Å²) in [5, 5.41) is 13.0.